The summed E-state index contributed by atoms with van der Waals surface area (Å²) < 4.78 is 5.78. The van der Waals surface area contributed by atoms with Gasteiger partial charge in [-0.05, 0) is 61.6 Å². The Balaban J connectivity index is 2.12. The van der Waals surface area contributed by atoms with Gasteiger partial charge in [0.2, 0.25) is 0 Å². The highest BCUT2D eigenvalue weighted by Gasteiger charge is 2.27. The summed E-state index contributed by atoms with van der Waals surface area (Å²) in [6.07, 6.45) is 8.39. The third-order valence-electron chi connectivity index (χ3n) is 5.06. The Morgan fingerprint density at radius 2 is 2.10 bits per heavy atom. The Morgan fingerprint density at radius 1 is 1.33 bits per heavy atom. The quantitative estimate of drug-likeness (QED) is 0.796. The molecule has 0 amide bonds. The third-order valence-corrected chi connectivity index (χ3v) is 6.65. The first-order chi connectivity index (χ1) is 10.2. The molecule has 1 aromatic carbocycles. The predicted molar refractivity (Wildman–Crippen MR) is 93.5 cm³/mol. The smallest absolute Gasteiger partial charge is 0.119 e. The first-order valence-electron chi connectivity index (χ1n) is 8.13. The fourth-order valence-electron chi connectivity index (χ4n) is 3.29. The fourth-order valence-corrected chi connectivity index (χ4v) is 4.09. The van der Waals surface area contributed by atoms with E-state index >= 15 is 0 Å². The second kappa shape index (κ2) is 7.55. The van der Waals surface area contributed by atoms with Crippen molar-refractivity contribution in [3.8, 4) is 5.75 Å². The van der Waals surface area contributed by atoms with Crippen LogP contribution in [0.1, 0.15) is 56.7 Å². The summed E-state index contributed by atoms with van der Waals surface area (Å²) in [5.41, 5.74) is 2.94. The van der Waals surface area contributed by atoms with E-state index in [9.17, 15) is 0 Å². The molecule has 1 N–H and O–H groups in total. The Hall–Kier alpha value is -0.670. The van der Waals surface area contributed by atoms with E-state index in [1.54, 1.807) is 7.11 Å². The first-order valence-corrected chi connectivity index (χ1v) is 9.36. The monoisotopic (exact) mass is 307 g/mol. The number of ether oxygens (including phenoxy) is 1. The molecule has 1 aliphatic rings. The molecular weight excluding hydrogens is 278 g/mol. The normalized spacial score (nSPS) is 18.4. The average Bonchev–Trinajstić information content (AvgIpc) is 2.56. The topological polar surface area (TPSA) is 21.3 Å². The van der Waals surface area contributed by atoms with Crippen LogP contribution in [0.5, 0.6) is 5.75 Å². The van der Waals surface area contributed by atoms with Gasteiger partial charge in [-0.3, -0.25) is 0 Å². The maximum absolute atomic E-state index is 5.41. The van der Waals surface area contributed by atoms with Crippen LogP contribution in [0.4, 0.5) is 0 Å². The summed E-state index contributed by atoms with van der Waals surface area (Å²) in [4.78, 5) is 0. The molecule has 2 nitrogen and oxygen atoms in total. The van der Waals surface area contributed by atoms with Crippen molar-refractivity contribution >= 4 is 11.8 Å². The maximum atomic E-state index is 5.41. The van der Waals surface area contributed by atoms with Crippen molar-refractivity contribution in [1.82, 2.24) is 5.32 Å². The zero-order chi connectivity index (χ0) is 15.3. The minimum Gasteiger partial charge on any atom is -0.497 e. The number of aryl methyl sites for hydroxylation is 1. The predicted octanol–water partition coefficient (Wildman–Crippen LogP) is 4.58. The van der Waals surface area contributed by atoms with Gasteiger partial charge in [0.1, 0.15) is 5.75 Å². The standard InChI is InChI=1S/C18H29NOS/c1-5-18(6-2,21-4)13-19-17-9-7-8-14-10-11-15(20-3)12-16(14)17/h10-12,17,19H,5-9,13H2,1-4H3. The van der Waals surface area contributed by atoms with Gasteiger partial charge >= 0.3 is 0 Å². The Bertz CT molecular complexity index is 448. The molecule has 3 heteroatoms. The van der Waals surface area contributed by atoms with E-state index in [0.717, 1.165) is 12.3 Å². The molecule has 0 aliphatic heterocycles. The number of thioether (sulfide) groups is 1. The van der Waals surface area contributed by atoms with Gasteiger partial charge in [0.25, 0.3) is 0 Å². The molecule has 0 spiro atoms. The van der Waals surface area contributed by atoms with Crippen molar-refractivity contribution in [3.05, 3.63) is 29.3 Å². The summed E-state index contributed by atoms with van der Waals surface area (Å²) in [5.74, 6) is 0.976. The number of hydrogen-bond acceptors (Lipinski definition) is 3. The highest BCUT2D eigenvalue weighted by molar-refractivity contribution is 8.00. The van der Waals surface area contributed by atoms with Gasteiger partial charge in [-0.15, -0.1) is 0 Å². The molecule has 0 aromatic heterocycles. The Kier molecular flexibility index (Phi) is 6.00. The zero-order valence-corrected chi connectivity index (χ0v) is 14.7. The van der Waals surface area contributed by atoms with Crippen molar-refractivity contribution in [1.29, 1.82) is 0 Å². The number of nitrogens with one attached hydrogen (secondary N) is 1. The van der Waals surface area contributed by atoms with Crippen molar-refractivity contribution in [2.75, 3.05) is 19.9 Å². The number of hydrogen-bond donors (Lipinski definition) is 1. The van der Waals surface area contributed by atoms with E-state index in [2.05, 4.69) is 43.6 Å². The van der Waals surface area contributed by atoms with Gasteiger partial charge in [0.05, 0.1) is 7.11 Å². The van der Waals surface area contributed by atoms with Crippen LogP contribution in [0.15, 0.2) is 18.2 Å². The Morgan fingerprint density at radius 3 is 2.71 bits per heavy atom. The Labute approximate surface area is 134 Å². The fraction of sp³-hybridized carbons (Fsp3) is 0.667. The van der Waals surface area contributed by atoms with Crippen LogP contribution in [0.25, 0.3) is 0 Å². The summed E-state index contributed by atoms with van der Waals surface area (Å²) >= 11 is 2.01. The summed E-state index contributed by atoms with van der Waals surface area (Å²) in [6, 6.07) is 7.04. The molecule has 0 radical (unpaired) electrons. The minimum atomic E-state index is 0.372. The van der Waals surface area contributed by atoms with Crippen LogP contribution in [-0.4, -0.2) is 24.7 Å². The van der Waals surface area contributed by atoms with Gasteiger partial charge in [0, 0.05) is 17.3 Å². The van der Waals surface area contributed by atoms with E-state index < -0.39 is 0 Å². The minimum absolute atomic E-state index is 0.372. The second-order valence-corrected chi connectivity index (χ2v) is 7.26. The van der Waals surface area contributed by atoms with Crippen LogP contribution < -0.4 is 10.1 Å². The second-order valence-electron chi connectivity index (χ2n) is 5.98. The number of benzene rings is 1. The van der Waals surface area contributed by atoms with E-state index in [1.165, 1.54) is 43.2 Å². The van der Waals surface area contributed by atoms with E-state index in [-0.39, 0.29) is 0 Å². The van der Waals surface area contributed by atoms with Crippen LogP contribution in [0.3, 0.4) is 0 Å². The highest BCUT2D eigenvalue weighted by Crippen LogP contribution is 2.35. The third kappa shape index (κ3) is 3.75. The lowest BCUT2D eigenvalue weighted by atomic mass is 9.87. The summed E-state index contributed by atoms with van der Waals surface area (Å²) in [7, 11) is 1.75. The molecule has 1 aromatic rings. The number of rotatable bonds is 7. The van der Waals surface area contributed by atoms with E-state index in [1.807, 2.05) is 11.8 Å². The zero-order valence-electron chi connectivity index (χ0n) is 13.9. The molecule has 2 rings (SSSR count). The van der Waals surface area contributed by atoms with Gasteiger partial charge in [-0.25, -0.2) is 0 Å². The van der Waals surface area contributed by atoms with Crippen molar-refractivity contribution in [2.45, 2.75) is 56.7 Å². The van der Waals surface area contributed by atoms with Gasteiger partial charge in [-0.2, -0.15) is 11.8 Å². The molecule has 0 fully saturated rings. The van der Waals surface area contributed by atoms with Gasteiger partial charge < -0.3 is 10.1 Å². The van der Waals surface area contributed by atoms with Crippen molar-refractivity contribution in [3.63, 3.8) is 0 Å². The largest absolute Gasteiger partial charge is 0.497 e. The molecule has 0 saturated carbocycles. The molecule has 1 aliphatic carbocycles. The number of fused-ring (bicyclic) bond motifs is 1. The molecule has 21 heavy (non-hydrogen) atoms. The van der Waals surface area contributed by atoms with Crippen molar-refractivity contribution < 1.29 is 4.74 Å². The van der Waals surface area contributed by atoms with Crippen LogP contribution in [-0.2, 0) is 6.42 Å². The SMILES string of the molecule is CCC(CC)(CNC1CCCc2ccc(OC)cc21)SC. The lowest BCUT2D eigenvalue weighted by Crippen LogP contribution is -2.39. The van der Waals surface area contributed by atoms with Crippen LogP contribution in [0.2, 0.25) is 0 Å². The highest BCUT2D eigenvalue weighted by atomic mass is 32.2. The molecule has 0 heterocycles. The van der Waals surface area contributed by atoms with Crippen LogP contribution >= 0.6 is 11.8 Å². The molecular formula is C18H29NOS. The molecule has 0 bridgehead atoms. The number of methoxy groups -OCH3 is 1. The first kappa shape index (κ1) is 16.7. The molecule has 1 atom stereocenters. The summed E-state index contributed by atoms with van der Waals surface area (Å²) in [5, 5.41) is 3.85. The van der Waals surface area contributed by atoms with Gasteiger partial charge in [-0.1, -0.05) is 19.9 Å². The summed E-state index contributed by atoms with van der Waals surface area (Å²) in [6.45, 7) is 5.70. The lowest BCUT2D eigenvalue weighted by molar-refractivity contribution is 0.398. The van der Waals surface area contributed by atoms with E-state index in [4.69, 9.17) is 4.74 Å². The lowest BCUT2D eigenvalue weighted by Gasteiger charge is -2.34. The van der Waals surface area contributed by atoms with E-state index in [0.29, 0.717) is 10.8 Å². The van der Waals surface area contributed by atoms with Crippen molar-refractivity contribution in [2.24, 2.45) is 0 Å². The molecule has 1 unspecified atom stereocenters. The molecule has 118 valence electrons. The molecule has 0 saturated heterocycles. The average molecular weight is 308 g/mol. The van der Waals surface area contributed by atoms with Crippen LogP contribution in [0, 0.1) is 0 Å². The maximum Gasteiger partial charge on any atom is 0.119 e. The van der Waals surface area contributed by atoms with Gasteiger partial charge in [0.15, 0.2) is 0 Å².